The summed E-state index contributed by atoms with van der Waals surface area (Å²) in [6.07, 6.45) is 8.40. The van der Waals surface area contributed by atoms with Crippen molar-refractivity contribution in [3.8, 4) is 28.7 Å². The Bertz CT molecular complexity index is 2220. The molecule has 2 N–H and O–H groups in total. The summed E-state index contributed by atoms with van der Waals surface area (Å²) in [5, 5.41) is 35.2. The van der Waals surface area contributed by atoms with Crippen LogP contribution in [-0.2, 0) is 31.1 Å². The number of hydrogen-bond donors (Lipinski definition) is 2. The SMILES string of the molecule is CC1(C(=O)O)CCN(Cc2cc(Cl)c(OCc3cccc(-c4cccc5c4cnn5CCCCN4CC[C@@H](O)C4)c3Br)cc2OCc2cncc(C#N)c2)C1. The molecule has 2 aliphatic heterocycles. The van der Waals surface area contributed by atoms with Crippen LogP contribution in [0.2, 0.25) is 5.02 Å². The molecule has 0 bridgehead atoms. The van der Waals surface area contributed by atoms with Gasteiger partial charge in [0.25, 0.3) is 0 Å². The summed E-state index contributed by atoms with van der Waals surface area (Å²) in [5.74, 6) is 0.196. The van der Waals surface area contributed by atoms with Gasteiger partial charge in [-0.05, 0) is 91.0 Å². The van der Waals surface area contributed by atoms with E-state index in [9.17, 15) is 20.3 Å². The number of β-amino-alcohol motifs (C(OH)–C–C–N with tert-alkyl or cyclic N) is 1. The number of halogens is 2. The highest BCUT2D eigenvalue weighted by molar-refractivity contribution is 9.10. The largest absolute Gasteiger partial charge is 0.488 e. The molecule has 2 aromatic heterocycles. The number of aryl methyl sites for hydroxylation is 1. The molecule has 2 aliphatic rings. The molecule has 2 saturated heterocycles. The van der Waals surface area contributed by atoms with E-state index < -0.39 is 11.4 Å². The topological polar surface area (TPSA) is 137 Å². The minimum absolute atomic E-state index is 0.169. The van der Waals surface area contributed by atoms with E-state index in [1.54, 1.807) is 25.3 Å². The molecule has 286 valence electrons. The van der Waals surface area contributed by atoms with Crippen LogP contribution in [0.4, 0.5) is 0 Å². The molecule has 2 fully saturated rings. The van der Waals surface area contributed by atoms with Gasteiger partial charge in [-0.2, -0.15) is 10.4 Å². The Morgan fingerprint density at radius 1 is 1.00 bits per heavy atom. The molecular weight excluding hydrogens is 784 g/mol. The van der Waals surface area contributed by atoms with E-state index in [1.807, 2.05) is 24.4 Å². The van der Waals surface area contributed by atoms with Crippen LogP contribution >= 0.6 is 27.5 Å². The van der Waals surface area contributed by atoms with Gasteiger partial charge in [-0.3, -0.25) is 19.4 Å². The van der Waals surface area contributed by atoms with Crippen LogP contribution < -0.4 is 9.47 Å². The number of aromatic nitrogens is 3. The van der Waals surface area contributed by atoms with Crippen molar-refractivity contribution < 1.29 is 24.5 Å². The van der Waals surface area contributed by atoms with Gasteiger partial charge in [0.1, 0.15) is 30.8 Å². The molecule has 2 atom stereocenters. The first kappa shape index (κ1) is 38.8. The second-order valence-electron chi connectivity index (χ2n) is 14.8. The number of pyridine rings is 1. The number of nitriles is 1. The summed E-state index contributed by atoms with van der Waals surface area (Å²) in [4.78, 5) is 20.5. The van der Waals surface area contributed by atoms with Gasteiger partial charge in [0.15, 0.2) is 0 Å². The third-order valence-electron chi connectivity index (χ3n) is 10.7. The summed E-state index contributed by atoms with van der Waals surface area (Å²) in [6, 6.07) is 19.9. The molecule has 0 radical (unpaired) electrons. The third-order valence-corrected chi connectivity index (χ3v) is 11.9. The maximum Gasteiger partial charge on any atom is 0.310 e. The highest BCUT2D eigenvalue weighted by atomic mass is 79.9. The van der Waals surface area contributed by atoms with Crippen molar-refractivity contribution in [1.82, 2.24) is 24.6 Å². The average molecular weight is 828 g/mol. The molecule has 0 aliphatic carbocycles. The quantitative estimate of drug-likeness (QED) is 0.101. The van der Waals surface area contributed by atoms with Gasteiger partial charge in [0.05, 0.1) is 33.8 Å². The Morgan fingerprint density at radius 2 is 1.80 bits per heavy atom. The van der Waals surface area contributed by atoms with Crippen LogP contribution in [0.5, 0.6) is 11.5 Å². The van der Waals surface area contributed by atoms with Crippen LogP contribution in [-0.4, -0.2) is 79.6 Å². The van der Waals surface area contributed by atoms with E-state index in [2.05, 4.69) is 65.7 Å². The van der Waals surface area contributed by atoms with Crippen molar-refractivity contribution in [3.05, 3.63) is 105 Å². The van der Waals surface area contributed by atoms with Gasteiger partial charge in [-0.15, -0.1) is 0 Å². The second kappa shape index (κ2) is 17.1. The summed E-state index contributed by atoms with van der Waals surface area (Å²) < 4.78 is 15.7. The molecule has 0 amide bonds. The number of rotatable bonds is 15. The minimum atomic E-state index is -0.815. The lowest BCUT2D eigenvalue weighted by Crippen LogP contribution is -2.31. The molecular formula is C42H44BrClN6O5. The first-order valence-electron chi connectivity index (χ1n) is 18.6. The van der Waals surface area contributed by atoms with E-state index in [-0.39, 0.29) is 19.3 Å². The number of carbonyl (C=O) groups is 1. The fourth-order valence-electron chi connectivity index (χ4n) is 7.52. The van der Waals surface area contributed by atoms with E-state index >= 15 is 0 Å². The van der Waals surface area contributed by atoms with Crippen molar-refractivity contribution >= 4 is 44.4 Å². The number of nitrogens with zero attached hydrogens (tertiary/aromatic N) is 6. The van der Waals surface area contributed by atoms with E-state index in [0.29, 0.717) is 48.1 Å². The summed E-state index contributed by atoms with van der Waals surface area (Å²) in [5.41, 5.74) is 5.27. The van der Waals surface area contributed by atoms with Crippen molar-refractivity contribution in [2.24, 2.45) is 5.41 Å². The molecule has 7 rings (SSSR count). The van der Waals surface area contributed by atoms with Gasteiger partial charge >= 0.3 is 5.97 Å². The molecule has 13 heteroatoms. The van der Waals surface area contributed by atoms with Crippen molar-refractivity contribution in [2.45, 2.75) is 65.0 Å². The molecule has 55 heavy (non-hydrogen) atoms. The Labute approximate surface area is 334 Å². The Kier molecular flexibility index (Phi) is 12.0. The van der Waals surface area contributed by atoms with Gasteiger partial charge in [0, 0.05) is 77.7 Å². The average Bonchev–Trinajstić information content (AvgIpc) is 3.91. The van der Waals surface area contributed by atoms with E-state index in [1.165, 1.54) is 6.20 Å². The van der Waals surface area contributed by atoms with Crippen molar-refractivity contribution in [2.75, 3.05) is 32.7 Å². The standard InChI is InChI=1S/C42H44BrClN6O5/c1-42(41(52)53)11-15-49(27-42)23-31-17-36(44)39(18-38(31)54-25-29-16-28(19-45)20-46-21-29)55-26-30-6-4-8-34(40(30)43)33-7-5-9-37-35(33)22-47-50(37)13-3-2-12-48-14-10-32(51)24-48/h4-9,16-18,20-22,32,51H,2-3,10-15,23-27H2,1H3,(H,52,53)/t32-,42?/m1/s1. The number of hydrogen-bond acceptors (Lipinski definition) is 9. The van der Waals surface area contributed by atoms with Crippen LogP contribution in [0.1, 0.15) is 54.9 Å². The molecule has 0 spiro atoms. The number of aliphatic carboxylic acids is 1. The van der Waals surface area contributed by atoms with Gasteiger partial charge in [-0.25, -0.2) is 0 Å². The monoisotopic (exact) mass is 826 g/mol. The predicted octanol–water partition coefficient (Wildman–Crippen LogP) is 7.69. The summed E-state index contributed by atoms with van der Waals surface area (Å²) in [6.45, 7) is 7.24. The molecule has 0 saturated carbocycles. The van der Waals surface area contributed by atoms with Crippen LogP contribution in [0.15, 0.2) is 77.7 Å². The highest BCUT2D eigenvalue weighted by Crippen LogP contribution is 2.39. The fraction of sp³-hybridized carbons (Fsp3) is 0.381. The summed E-state index contributed by atoms with van der Waals surface area (Å²) >= 11 is 10.7. The van der Waals surface area contributed by atoms with Crippen molar-refractivity contribution in [1.29, 1.82) is 5.26 Å². The number of carboxylic acid groups (broad SMARTS) is 1. The molecule has 5 aromatic rings. The summed E-state index contributed by atoms with van der Waals surface area (Å²) in [7, 11) is 0. The number of carboxylic acids is 1. The zero-order chi connectivity index (χ0) is 38.5. The third kappa shape index (κ3) is 8.98. The van der Waals surface area contributed by atoms with E-state index in [4.69, 9.17) is 26.2 Å². The predicted molar refractivity (Wildman–Crippen MR) is 214 cm³/mol. The number of benzene rings is 3. The Morgan fingerprint density at radius 3 is 2.58 bits per heavy atom. The highest BCUT2D eigenvalue weighted by Gasteiger charge is 2.40. The van der Waals surface area contributed by atoms with Gasteiger partial charge in [0.2, 0.25) is 0 Å². The number of fused-ring (bicyclic) bond motifs is 1. The van der Waals surface area contributed by atoms with Gasteiger partial charge < -0.3 is 24.6 Å². The Balaban J connectivity index is 1.07. The molecule has 3 aromatic carbocycles. The maximum atomic E-state index is 11.9. The smallest absolute Gasteiger partial charge is 0.310 e. The lowest BCUT2D eigenvalue weighted by Gasteiger charge is -2.22. The fourth-order valence-corrected chi connectivity index (χ4v) is 8.36. The molecule has 11 nitrogen and oxygen atoms in total. The molecule has 4 heterocycles. The first-order valence-corrected chi connectivity index (χ1v) is 19.8. The Hall–Kier alpha value is -4.51. The van der Waals surface area contributed by atoms with Crippen LogP contribution in [0.3, 0.4) is 0 Å². The number of aliphatic hydroxyl groups is 1. The number of likely N-dealkylation sites (tertiary alicyclic amines) is 2. The first-order chi connectivity index (χ1) is 26.6. The zero-order valence-electron chi connectivity index (χ0n) is 30.8. The maximum absolute atomic E-state index is 11.9. The van der Waals surface area contributed by atoms with Crippen molar-refractivity contribution in [3.63, 3.8) is 0 Å². The number of aliphatic hydroxyl groups excluding tert-OH is 1. The lowest BCUT2D eigenvalue weighted by molar-refractivity contribution is -0.147. The minimum Gasteiger partial charge on any atom is -0.488 e. The number of unbranched alkanes of at least 4 members (excludes halogenated alkanes) is 1. The van der Waals surface area contributed by atoms with Crippen LogP contribution in [0.25, 0.3) is 22.0 Å². The van der Waals surface area contributed by atoms with Crippen LogP contribution in [0, 0.1) is 16.7 Å². The second-order valence-corrected chi connectivity index (χ2v) is 16.0. The van der Waals surface area contributed by atoms with Gasteiger partial charge in [-0.1, -0.05) is 41.9 Å². The normalized spacial score (nSPS) is 18.9. The zero-order valence-corrected chi connectivity index (χ0v) is 33.1. The molecule has 1 unspecified atom stereocenters. The number of ether oxygens (including phenoxy) is 2. The lowest BCUT2D eigenvalue weighted by atomic mass is 9.90. The van der Waals surface area contributed by atoms with E-state index in [0.717, 1.165) is 88.6 Å².